The van der Waals surface area contributed by atoms with Crippen LogP contribution in [0, 0.1) is 0 Å². The van der Waals surface area contributed by atoms with E-state index in [2.05, 4.69) is 25.5 Å². The van der Waals surface area contributed by atoms with Gasteiger partial charge in [-0.05, 0) is 84.1 Å². The predicted molar refractivity (Wildman–Crippen MR) is 144 cm³/mol. The zero-order valence-corrected chi connectivity index (χ0v) is 21.1. The van der Waals surface area contributed by atoms with Crippen molar-refractivity contribution in [1.82, 2.24) is 19.4 Å². The van der Waals surface area contributed by atoms with E-state index in [1.54, 1.807) is 18.3 Å². The zero-order chi connectivity index (χ0) is 23.8. The first-order valence-electron chi connectivity index (χ1n) is 11.2. The quantitative estimate of drug-likeness (QED) is 0.332. The van der Waals surface area contributed by atoms with Crippen LogP contribution in [-0.4, -0.2) is 44.3 Å². The molecule has 1 saturated carbocycles. The van der Waals surface area contributed by atoms with Gasteiger partial charge < -0.3 is 15.2 Å². The zero-order valence-electron chi connectivity index (χ0n) is 18.6. The van der Waals surface area contributed by atoms with Gasteiger partial charge in [-0.3, -0.25) is 14.6 Å². The first-order chi connectivity index (χ1) is 16.4. The van der Waals surface area contributed by atoms with Gasteiger partial charge in [0.2, 0.25) is 5.91 Å². The summed E-state index contributed by atoms with van der Waals surface area (Å²) in [5.41, 5.74) is 8.36. The average Bonchev–Trinajstić information content (AvgIpc) is 3.47. The summed E-state index contributed by atoms with van der Waals surface area (Å²) in [4.78, 5) is 36.9. The second-order valence-electron chi connectivity index (χ2n) is 8.58. The molecule has 3 aromatic heterocycles. The number of amides is 2. The first-order valence-corrected chi connectivity index (χ1v) is 12.8. The van der Waals surface area contributed by atoms with Crippen molar-refractivity contribution in [2.45, 2.75) is 45.2 Å². The summed E-state index contributed by atoms with van der Waals surface area (Å²) < 4.78 is 3.18. The first kappa shape index (κ1) is 25.1. The molecule has 2 N–H and O–H groups in total. The topological polar surface area (TPSA) is 94.1 Å². The van der Waals surface area contributed by atoms with E-state index in [-0.39, 0.29) is 25.4 Å². The molecule has 0 bridgehead atoms. The number of primary amides is 1. The van der Waals surface area contributed by atoms with Gasteiger partial charge in [0.05, 0.1) is 19.7 Å². The number of benzene rings is 1. The Morgan fingerprint density at radius 1 is 1.17 bits per heavy atom. The van der Waals surface area contributed by atoms with Crippen LogP contribution in [-0.2, 0) is 0 Å². The largest absolute Gasteiger partial charge is 0.366 e. The Kier molecular flexibility index (Phi) is 7.37. The molecule has 0 radical (unpaired) electrons. The summed E-state index contributed by atoms with van der Waals surface area (Å²) in [6.45, 7) is 0. The Hall–Kier alpha value is -3.04. The van der Waals surface area contributed by atoms with Crippen molar-refractivity contribution in [3.8, 4) is 11.5 Å². The lowest BCUT2D eigenvalue weighted by molar-refractivity contribution is 0.0676. The molecule has 1 aliphatic rings. The third-order valence-corrected chi connectivity index (χ3v) is 8.12. The Bertz CT molecular complexity index is 1370. The van der Waals surface area contributed by atoms with E-state index in [1.165, 1.54) is 11.3 Å². The number of pyridine rings is 1. The van der Waals surface area contributed by atoms with Crippen LogP contribution in [0.2, 0.25) is 0 Å². The number of nitrogens with zero attached hydrogens (tertiary/aromatic N) is 4. The highest BCUT2D eigenvalue weighted by molar-refractivity contribution is 9.11. The Balaban J connectivity index is 0.00000289. The third-order valence-electron chi connectivity index (χ3n) is 6.50. The van der Waals surface area contributed by atoms with Crippen LogP contribution in [0.3, 0.4) is 0 Å². The van der Waals surface area contributed by atoms with Gasteiger partial charge in [0.25, 0.3) is 5.91 Å². The van der Waals surface area contributed by atoms with Crippen molar-refractivity contribution < 1.29 is 9.59 Å². The molecule has 0 aliphatic heterocycles. The lowest BCUT2D eigenvalue weighted by atomic mass is 9.89. The predicted octanol–water partition coefficient (Wildman–Crippen LogP) is 5.91. The Labute approximate surface area is 217 Å². The summed E-state index contributed by atoms with van der Waals surface area (Å²) in [6.07, 6.45) is 5.51. The minimum absolute atomic E-state index is 0. The monoisotopic (exact) mass is 553 g/mol. The number of nitrogens with two attached hydrogens (primary N) is 1. The van der Waals surface area contributed by atoms with E-state index in [0.29, 0.717) is 11.1 Å². The molecule has 2 amide bonds. The Morgan fingerprint density at radius 3 is 2.69 bits per heavy atom. The number of fused-ring (bicyclic) bond motifs is 1. The van der Waals surface area contributed by atoms with Crippen molar-refractivity contribution in [3.63, 3.8) is 0 Å². The van der Waals surface area contributed by atoms with Gasteiger partial charge in [-0.15, -0.1) is 11.3 Å². The van der Waals surface area contributed by atoms with Crippen LogP contribution in [0.5, 0.6) is 0 Å². The number of carbonyl (C=O) groups excluding carboxylic acids is 2. The minimum Gasteiger partial charge on any atom is -0.366 e. The molecule has 2 atom stereocenters. The van der Waals surface area contributed by atoms with E-state index < -0.39 is 5.91 Å². The number of aromatic nitrogens is 3. The van der Waals surface area contributed by atoms with Crippen LogP contribution >= 0.6 is 27.3 Å². The number of hydrogen-bond acceptors (Lipinski definition) is 5. The molecule has 9 heteroatoms. The maximum absolute atomic E-state index is 13.1. The van der Waals surface area contributed by atoms with Crippen molar-refractivity contribution in [2.75, 3.05) is 7.05 Å². The fourth-order valence-electron chi connectivity index (χ4n) is 4.79. The number of halogens is 1. The van der Waals surface area contributed by atoms with Crippen LogP contribution in [0.1, 0.15) is 59.2 Å². The number of hydrogen-bond donors (Lipinski definition) is 1. The maximum atomic E-state index is 13.1. The molecule has 35 heavy (non-hydrogen) atoms. The molecule has 182 valence electrons. The van der Waals surface area contributed by atoms with Crippen LogP contribution in [0.15, 0.2) is 58.5 Å². The van der Waals surface area contributed by atoms with E-state index >= 15 is 0 Å². The molecule has 3 heterocycles. The minimum atomic E-state index is -0.478. The number of rotatable bonds is 5. The Morgan fingerprint density at radius 2 is 2.00 bits per heavy atom. The van der Waals surface area contributed by atoms with Gasteiger partial charge in [-0.1, -0.05) is 13.5 Å². The molecule has 0 spiro atoms. The molecule has 1 aromatic carbocycles. The van der Waals surface area contributed by atoms with E-state index in [4.69, 9.17) is 10.7 Å². The number of imidazole rings is 1. The highest BCUT2D eigenvalue weighted by Crippen LogP contribution is 2.37. The van der Waals surface area contributed by atoms with Crippen LogP contribution < -0.4 is 5.73 Å². The maximum Gasteiger partial charge on any atom is 0.263 e. The fraction of sp³-hybridized carbons (Fsp3) is 0.308. The highest BCUT2D eigenvalue weighted by Gasteiger charge is 2.31. The second-order valence-corrected chi connectivity index (χ2v) is 11.0. The summed E-state index contributed by atoms with van der Waals surface area (Å²) in [7, 11) is 1.90. The van der Waals surface area contributed by atoms with Gasteiger partial charge >= 0.3 is 0 Å². The summed E-state index contributed by atoms with van der Waals surface area (Å²) in [5, 5.41) is 0. The van der Waals surface area contributed by atoms with Gasteiger partial charge in [-0.25, -0.2) is 4.98 Å². The molecule has 5 rings (SSSR count). The van der Waals surface area contributed by atoms with E-state index in [0.717, 1.165) is 51.4 Å². The second kappa shape index (κ2) is 10.3. The summed E-state index contributed by atoms with van der Waals surface area (Å²) in [5.74, 6) is 0.334. The normalized spacial score (nSPS) is 17.7. The molecule has 7 nitrogen and oxygen atoms in total. The van der Waals surface area contributed by atoms with Gasteiger partial charge in [0.1, 0.15) is 5.69 Å². The molecular formula is C26H28BrN5O2S. The highest BCUT2D eigenvalue weighted by atomic mass is 79.9. The van der Waals surface area contributed by atoms with Crippen molar-refractivity contribution in [2.24, 2.45) is 5.73 Å². The summed E-state index contributed by atoms with van der Waals surface area (Å²) in [6, 6.07) is 15.2. The fourth-order valence-corrected chi connectivity index (χ4v) is 6.16. The molecule has 0 saturated heterocycles. The summed E-state index contributed by atoms with van der Waals surface area (Å²) >= 11 is 4.91. The van der Waals surface area contributed by atoms with Crippen molar-refractivity contribution in [1.29, 1.82) is 0 Å². The molecule has 1 aliphatic carbocycles. The number of thiophene rings is 1. The van der Waals surface area contributed by atoms with Gasteiger partial charge in [0.15, 0.2) is 5.82 Å². The SMILES string of the molecule is C.CN(C(=O)c1ccc(Br)s1)C1CCCC(n2c(-c3ccccn3)nc3cc(C(N)=O)ccc32)C1. The van der Waals surface area contributed by atoms with Gasteiger partial charge in [0, 0.05) is 30.9 Å². The molecule has 1 fully saturated rings. The van der Waals surface area contributed by atoms with Gasteiger partial charge in [-0.2, -0.15) is 0 Å². The molecular weight excluding hydrogens is 526 g/mol. The standard InChI is InChI=1S/C25H24BrN5O2S.CH4/c1-30(25(33)21-10-11-22(26)34-21)16-5-4-6-17(14-16)31-20-9-8-15(23(27)32)13-19(20)29-24(31)18-7-2-3-12-28-18;/h2-3,7-13,16-17H,4-6,14H2,1H3,(H2,27,32);1H4. The van der Waals surface area contributed by atoms with Crippen LogP contribution in [0.4, 0.5) is 0 Å². The lowest BCUT2D eigenvalue weighted by Crippen LogP contribution is -2.40. The van der Waals surface area contributed by atoms with E-state index in [1.807, 2.05) is 48.3 Å². The van der Waals surface area contributed by atoms with Crippen molar-refractivity contribution in [3.05, 3.63) is 69.0 Å². The lowest BCUT2D eigenvalue weighted by Gasteiger charge is -2.36. The van der Waals surface area contributed by atoms with Crippen molar-refractivity contribution >= 4 is 50.1 Å². The van der Waals surface area contributed by atoms with E-state index in [9.17, 15) is 9.59 Å². The smallest absolute Gasteiger partial charge is 0.263 e. The third kappa shape index (κ3) is 4.88. The molecule has 2 unspecified atom stereocenters. The average molecular weight is 555 g/mol. The molecule has 4 aromatic rings. The van der Waals surface area contributed by atoms with Crippen LogP contribution in [0.25, 0.3) is 22.6 Å². The number of carbonyl (C=O) groups is 2.